The lowest BCUT2D eigenvalue weighted by atomic mass is 9.83. The Kier molecular flexibility index (Phi) is 3.93. The third-order valence-electron chi connectivity index (χ3n) is 4.52. The summed E-state index contributed by atoms with van der Waals surface area (Å²) < 4.78 is 17.5. The average Bonchev–Trinajstić information content (AvgIpc) is 3.06. The molecule has 4 rings (SSSR count). The molecular formula is C19H16BrN3O3. The van der Waals surface area contributed by atoms with E-state index >= 15 is 0 Å². The lowest BCUT2D eigenvalue weighted by Crippen LogP contribution is -2.21. The van der Waals surface area contributed by atoms with Crippen molar-refractivity contribution in [2.45, 2.75) is 5.92 Å². The number of nitriles is 1. The molecule has 2 aliphatic heterocycles. The molecule has 0 radical (unpaired) electrons. The smallest absolute Gasteiger partial charge is 0.231 e. The summed E-state index contributed by atoms with van der Waals surface area (Å²) in [5, 5.41) is 9.70. The Balaban J connectivity index is 1.92. The van der Waals surface area contributed by atoms with Crippen molar-refractivity contribution < 1.29 is 14.2 Å². The lowest BCUT2D eigenvalue weighted by Gasteiger charge is -2.28. The first kappa shape index (κ1) is 16.6. The quantitative estimate of drug-likeness (QED) is 0.811. The molecule has 2 aromatic rings. The molecule has 0 aliphatic carbocycles. The van der Waals surface area contributed by atoms with E-state index in [1.807, 2.05) is 49.3 Å². The maximum absolute atomic E-state index is 9.70. The number of ether oxygens (including phenoxy) is 3. The molecule has 1 unspecified atom stereocenters. The van der Waals surface area contributed by atoms with Crippen molar-refractivity contribution in [3.63, 3.8) is 0 Å². The topological polar surface area (TPSA) is 80.7 Å². The van der Waals surface area contributed by atoms with Crippen LogP contribution in [0.15, 0.2) is 46.3 Å². The molecule has 0 saturated carbocycles. The number of rotatable bonds is 2. The summed E-state index contributed by atoms with van der Waals surface area (Å²) in [5.41, 5.74) is 9.17. The highest BCUT2D eigenvalue weighted by Crippen LogP contribution is 2.48. The molecule has 6 nitrogen and oxygen atoms in total. The molecule has 132 valence electrons. The van der Waals surface area contributed by atoms with Crippen molar-refractivity contribution in [3.8, 4) is 23.3 Å². The van der Waals surface area contributed by atoms with Crippen molar-refractivity contribution in [2.24, 2.45) is 5.73 Å². The molecule has 0 aromatic heterocycles. The van der Waals surface area contributed by atoms with Gasteiger partial charge in [-0.2, -0.15) is 5.26 Å². The third-order valence-corrected chi connectivity index (χ3v) is 5.21. The highest BCUT2D eigenvalue weighted by molar-refractivity contribution is 9.10. The van der Waals surface area contributed by atoms with E-state index in [0.29, 0.717) is 22.8 Å². The van der Waals surface area contributed by atoms with Crippen LogP contribution in [-0.2, 0) is 0 Å². The number of hydrogen-bond acceptors (Lipinski definition) is 6. The van der Waals surface area contributed by atoms with Gasteiger partial charge in [-0.15, -0.1) is 0 Å². The van der Waals surface area contributed by atoms with Crippen LogP contribution >= 0.6 is 15.9 Å². The molecular weight excluding hydrogens is 398 g/mol. The zero-order valence-corrected chi connectivity index (χ0v) is 15.8. The predicted octanol–water partition coefficient (Wildman–Crippen LogP) is 3.46. The van der Waals surface area contributed by atoms with Gasteiger partial charge in [0.05, 0.1) is 5.92 Å². The average molecular weight is 414 g/mol. The van der Waals surface area contributed by atoms with Crippen molar-refractivity contribution in [2.75, 3.05) is 25.8 Å². The normalized spacial score (nSPS) is 17.4. The second kappa shape index (κ2) is 6.15. The van der Waals surface area contributed by atoms with Crippen LogP contribution in [0.2, 0.25) is 0 Å². The summed E-state index contributed by atoms with van der Waals surface area (Å²) in [5.74, 6) is 1.72. The molecule has 2 N–H and O–H groups in total. The van der Waals surface area contributed by atoms with Crippen LogP contribution in [0, 0.1) is 11.3 Å². The Morgan fingerprint density at radius 3 is 2.54 bits per heavy atom. The molecule has 7 heteroatoms. The first-order valence-corrected chi connectivity index (χ1v) is 8.76. The molecule has 0 bridgehead atoms. The van der Waals surface area contributed by atoms with Gasteiger partial charge in [-0.1, -0.05) is 22.0 Å². The first-order valence-electron chi connectivity index (χ1n) is 7.97. The Morgan fingerprint density at radius 2 is 1.85 bits per heavy atom. The molecule has 0 fully saturated rings. The van der Waals surface area contributed by atoms with Gasteiger partial charge in [0.2, 0.25) is 12.7 Å². The Morgan fingerprint density at radius 1 is 1.12 bits per heavy atom. The summed E-state index contributed by atoms with van der Waals surface area (Å²) >= 11 is 3.59. The number of anilines is 1. The number of nitrogens with two attached hydrogens (primary N) is 1. The van der Waals surface area contributed by atoms with Crippen molar-refractivity contribution in [1.29, 1.82) is 5.26 Å². The second-order valence-electron chi connectivity index (χ2n) is 6.27. The van der Waals surface area contributed by atoms with Crippen molar-refractivity contribution in [3.05, 3.63) is 57.4 Å². The molecule has 2 aromatic carbocycles. The van der Waals surface area contributed by atoms with Gasteiger partial charge in [-0.3, -0.25) is 0 Å². The molecule has 0 spiro atoms. The monoisotopic (exact) mass is 413 g/mol. The van der Waals surface area contributed by atoms with Crippen LogP contribution in [0.4, 0.5) is 5.69 Å². The van der Waals surface area contributed by atoms with Crippen molar-refractivity contribution in [1.82, 2.24) is 0 Å². The van der Waals surface area contributed by atoms with E-state index in [1.54, 1.807) is 0 Å². The maximum Gasteiger partial charge on any atom is 0.231 e. The van der Waals surface area contributed by atoms with Gasteiger partial charge >= 0.3 is 0 Å². The standard InChI is InChI=1S/C19H16BrN3O3/c1-23(2)10-3-4-11-15(5-10)26-19(22)13(8-21)18(11)12-6-16-17(7-14(12)20)25-9-24-16/h3-7,18H,9,22H2,1-2H3. The van der Waals surface area contributed by atoms with E-state index in [4.69, 9.17) is 19.9 Å². The zero-order chi connectivity index (χ0) is 18.4. The molecule has 26 heavy (non-hydrogen) atoms. The van der Waals surface area contributed by atoms with Crippen LogP contribution in [0.1, 0.15) is 17.0 Å². The van der Waals surface area contributed by atoms with Gasteiger partial charge in [0.15, 0.2) is 11.5 Å². The van der Waals surface area contributed by atoms with Gasteiger partial charge in [-0.25, -0.2) is 0 Å². The van der Waals surface area contributed by atoms with Crippen LogP contribution in [0.25, 0.3) is 0 Å². The van der Waals surface area contributed by atoms with E-state index in [0.717, 1.165) is 21.3 Å². The third kappa shape index (κ3) is 2.54. The minimum Gasteiger partial charge on any atom is -0.454 e. The van der Waals surface area contributed by atoms with E-state index in [9.17, 15) is 5.26 Å². The minimum absolute atomic E-state index is 0.116. The predicted molar refractivity (Wildman–Crippen MR) is 100 cm³/mol. The molecule has 0 amide bonds. The minimum atomic E-state index is -0.358. The summed E-state index contributed by atoms with van der Waals surface area (Å²) in [6.45, 7) is 0.185. The van der Waals surface area contributed by atoms with E-state index < -0.39 is 0 Å². The summed E-state index contributed by atoms with van der Waals surface area (Å²) in [6.07, 6.45) is 0. The zero-order valence-electron chi connectivity index (χ0n) is 14.2. The second-order valence-corrected chi connectivity index (χ2v) is 7.12. The van der Waals surface area contributed by atoms with Crippen LogP contribution in [0.3, 0.4) is 0 Å². The molecule has 1 atom stereocenters. The van der Waals surface area contributed by atoms with Gasteiger partial charge in [0.25, 0.3) is 0 Å². The fourth-order valence-corrected chi connectivity index (χ4v) is 3.75. The number of allylic oxidation sites excluding steroid dienone is 1. The lowest BCUT2D eigenvalue weighted by molar-refractivity contribution is 0.174. The Bertz CT molecular complexity index is 979. The Labute approximate surface area is 159 Å². The van der Waals surface area contributed by atoms with Crippen LogP contribution in [-0.4, -0.2) is 20.9 Å². The van der Waals surface area contributed by atoms with E-state index in [1.165, 1.54) is 0 Å². The largest absolute Gasteiger partial charge is 0.454 e. The summed E-state index contributed by atoms with van der Waals surface area (Å²) in [6, 6.07) is 11.8. The van der Waals surface area contributed by atoms with Crippen LogP contribution < -0.4 is 24.8 Å². The van der Waals surface area contributed by atoms with Crippen LogP contribution in [0.5, 0.6) is 17.2 Å². The van der Waals surface area contributed by atoms with E-state index in [-0.39, 0.29) is 18.6 Å². The Hall–Kier alpha value is -2.85. The number of fused-ring (bicyclic) bond motifs is 2. The van der Waals surface area contributed by atoms with Crippen molar-refractivity contribution >= 4 is 21.6 Å². The maximum atomic E-state index is 9.70. The molecule has 0 saturated heterocycles. The fourth-order valence-electron chi connectivity index (χ4n) is 3.20. The number of hydrogen-bond donors (Lipinski definition) is 1. The van der Waals surface area contributed by atoms with Gasteiger partial charge in [0, 0.05) is 35.9 Å². The highest BCUT2D eigenvalue weighted by atomic mass is 79.9. The SMILES string of the molecule is CN(C)c1ccc2c(c1)OC(N)=C(C#N)C2c1cc2c(cc1Br)OCO2. The van der Waals surface area contributed by atoms with Gasteiger partial charge < -0.3 is 24.8 Å². The molecule has 2 heterocycles. The first-order chi connectivity index (χ1) is 12.5. The van der Waals surface area contributed by atoms with E-state index in [2.05, 4.69) is 22.0 Å². The fraction of sp³-hybridized carbons (Fsp3) is 0.211. The summed E-state index contributed by atoms with van der Waals surface area (Å²) in [7, 11) is 3.91. The summed E-state index contributed by atoms with van der Waals surface area (Å²) in [4.78, 5) is 1.98. The van der Waals surface area contributed by atoms with Gasteiger partial charge in [0.1, 0.15) is 17.4 Å². The van der Waals surface area contributed by atoms with Gasteiger partial charge in [-0.05, 0) is 23.8 Å². The highest BCUT2D eigenvalue weighted by Gasteiger charge is 2.33. The number of benzene rings is 2. The number of nitrogens with zero attached hydrogens (tertiary/aromatic N) is 2. The number of halogens is 1. The molecule has 2 aliphatic rings.